The molecule has 0 aliphatic carbocycles. The van der Waals surface area contributed by atoms with Crippen molar-refractivity contribution in [1.82, 2.24) is 0 Å². The summed E-state index contributed by atoms with van der Waals surface area (Å²) in [6.07, 6.45) is 7.56. The van der Waals surface area contributed by atoms with E-state index in [1.165, 1.54) is 23.8 Å². The highest BCUT2D eigenvalue weighted by Crippen LogP contribution is 2.41. The third kappa shape index (κ3) is 6.62. The van der Waals surface area contributed by atoms with Gasteiger partial charge in [0.05, 0.1) is 26.2 Å². The van der Waals surface area contributed by atoms with E-state index < -0.39 is 5.60 Å². The van der Waals surface area contributed by atoms with Gasteiger partial charge in [-0.1, -0.05) is 88.4 Å². The molecule has 3 rings (SSSR count). The summed E-state index contributed by atoms with van der Waals surface area (Å²) in [5, 5.41) is 10.7. The second-order valence-electron chi connectivity index (χ2n) is 10.4. The zero-order chi connectivity index (χ0) is 28.6. The fourth-order valence-corrected chi connectivity index (χ4v) is 5.42. The van der Waals surface area contributed by atoms with Gasteiger partial charge in [0.15, 0.2) is 0 Å². The summed E-state index contributed by atoms with van der Waals surface area (Å²) in [4.78, 5) is 11.8. The van der Waals surface area contributed by atoms with Crippen molar-refractivity contribution in [3.8, 4) is 16.9 Å². The fourth-order valence-electron chi connectivity index (χ4n) is 5.42. The van der Waals surface area contributed by atoms with Gasteiger partial charge in [0, 0.05) is 11.0 Å². The zero-order valence-corrected chi connectivity index (χ0v) is 24.6. The molecule has 0 spiro atoms. The highest BCUT2D eigenvalue weighted by Gasteiger charge is 2.31. The Morgan fingerprint density at radius 2 is 1.49 bits per heavy atom. The van der Waals surface area contributed by atoms with Gasteiger partial charge in [0.25, 0.3) is 0 Å². The summed E-state index contributed by atoms with van der Waals surface area (Å²) in [5.74, 6) is 0.506. The molecule has 0 aliphatic heterocycles. The minimum Gasteiger partial charge on any atom is -0.496 e. The first-order chi connectivity index (χ1) is 18.7. The van der Waals surface area contributed by atoms with E-state index >= 15 is 0 Å². The molecule has 3 aromatic carbocycles. The predicted molar refractivity (Wildman–Crippen MR) is 161 cm³/mol. The van der Waals surface area contributed by atoms with Crippen LogP contribution in [0.1, 0.15) is 81.2 Å². The SMILES string of the molecule is CCC(O)(C=Cc1ccc(C(CC)(CC)c2ccc(-c3cc(CC(=O)OC)ccc3OC)cc2)cc1C)CC. The Bertz CT molecular complexity index is 1280. The van der Waals surface area contributed by atoms with Gasteiger partial charge in [-0.2, -0.15) is 0 Å². The normalized spacial score (nSPS) is 12.1. The molecular weight excluding hydrogens is 484 g/mol. The van der Waals surface area contributed by atoms with Crippen LogP contribution in [-0.4, -0.2) is 30.9 Å². The van der Waals surface area contributed by atoms with Crippen molar-refractivity contribution in [3.63, 3.8) is 0 Å². The number of rotatable bonds is 12. The largest absolute Gasteiger partial charge is 0.496 e. The topological polar surface area (TPSA) is 55.8 Å². The van der Waals surface area contributed by atoms with Crippen LogP contribution < -0.4 is 4.74 Å². The molecule has 4 heteroatoms. The standard InChI is InChI=1S/C35H44O4/c1-8-34(37,9-2)21-20-27-13-18-30(22-25(27)5)35(10-3,11-4)29-16-14-28(15-17-29)31-23-26(24-33(36)39-7)12-19-32(31)38-6/h12-23,37H,8-11,24H2,1-7H3. The predicted octanol–water partition coefficient (Wildman–Crippen LogP) is 8.06. The van der Waals surface area contributed by atoms with E-state index in [0.29, 0.717) is 12.8 Å². The number of benzene rings is 3. The van der Waals surface area contributed by atoms with Crippen LogP contribution in [0.25, 0.3) is 17.2 Å². The zero-order valence-electron chi connectivity index (χ0n) is 24.6. The average molecular weight is 529 g/mol. The van der Waals surface area contributed by atoms with Crippen LogP contribution in [-0.2, 0) is 21.4 Å². The summed E-state index contributed by atoms with van der Waals surface area (Å²) in [7, 11) is 3.07. The van der Waals surface area contributed by atoms with Gasteiger partial charge in [-0.25, -0.2) is 0 Å². The maximum atomic E-state index is 11.8. The molecule has 0 aliphatic rings. The molecule has 0 saturated heterocycles. The summed E-state index contributed by atoms with van der Waals surface area (Å²) in [6.45, 7) is 10.7. The van der Waals surface area contributed by atoms with Crippen molar-refractivity contribution in [2.75, 3.05) is 14.2 Å². The molecule has 0 heterocycles. The molecule has 0 atom stereocenters. The van der Waals surface area contributed by atoms with Gasteiger partial charge < -0.3 is 14.6 Å². The minimum atomic E-state index is -0.759. The van der Waals surface area contributed by atoms with Crippen LogP contribution in [0.15, 0.2) is 66.7 Å². The number of hydrogen-bond donors (Lipinski definition) is 1. The van der Waals surface area contributed by atoms with Gasteiger partial charge >= 0.3 is 5.97 Å². The number of ether oxygens (including phenoxy) is 2. The van der Waals surface area contributed by atoms with Crippen LogP contribution >= 0.6 is 0 Å². The molecule has 0 amide bonds. The van der Waals surface area contributed by atoms with Crippen molar-refractivity contribution in [1.29, 1.82) is 0 Å². The van der Waals surface area contributed by atoms with Crippen molar-refractivity contribution in [3.05, 3.63) is 94.6 Å². The van der Waals surface area contributed by atoms with Crippen molar-refractivity contribution in [2.24, 2.45) is 0 Å². The lowest BCUT2D eigenvalue weighted by Gasteiger charge is -2.34. The van der Waals surface area contributed by atoms with Crippen molar-refractivity contribution < 1.29 is 19.4 Å². The molecule has 3 aromatic rings. The molecule has 0 aromatic heterocycles. The summed E-state index contributed by atoms with van der Waals surface area (Å²) in [5.41, 5.74) is 6.92. The third-order valence-electron chi connectivity index (χ3n) is 8.42. The molecule has 0 radical (unpaired) electrons. The van der Waals surface area contributed by atoms with E-state index in [4.69, 9.17) is 9.47 Å². The quantitative estimate of drug-likeness (QED) is 0.242. The first kappa shape index (κ1) is 30.2. The summed E-state index contributed by atoms with van der Waals surface area (Å²) in [6, 6.07) is 21.3. The number of hydrogen-bond acceptors (Lipinski definition) is 4. The van der Waals surface area contributed by atoms with E-state index in [1.807, 2.05) is 38.1 Å². The monoisotopic (exact) mass is 528 g/mol. The summed E-state index contributed by atoms with van der Waals surface area (Å²) < 4.78 is 10.5. The average Bonchev–Trinajstić information content (AvgIpc) is 2.97. The van der Waals surface area contributed by atoms with E-state index in [9.17, 15) is 9.90 Å². The Balaban J connectivity index is 1.98. The Labute approximate surface area is 234 Å². The number of aliphatic hydroxyl groups is 1. The highest BCUT2D eigenvalue weighted by molar-refractivity contribution is 5.76. The molecule has 208 valence electrons. The first-order valence-electron chi connectivity index (χ1n) is 14.1. The molecule has 0 bridgehead atoms. The van der Waals surface area contributed by atoms with Gasteiger partial charge in [-0.15, -0.1) is 0 Å². The lowest BCUT2D eigenvalue weighted by Crippen LogP contribution is -2.26. The van der Waals surface area contributed by atoms with Crippen LogP contribution in [0, 0.1) is 6.92 Å². The van der Waals surface area contributed by atoms with E-state index in [1.54, 1.807) is 7.11 Å². The Kier molecular flexibility index (Phi) is 10.2. The van der Waals surface area contributed by atoms with E-state index in [-0.39, 0.29) is 17.8 Å². The van der Waals surface area contributed by atoms with Gasteiger partial charge in [-0.05, 0) is 78.1 Å². The minimum absolute atomic E-state index is 0.115. The number of methoxy groups -OCH3 is 2. The number of esters is 1. The Morgan fingerprint density at radius 1 is 0.846 bits per heavy atom. The van der Waals surface area contributed by atoms with Crippen molar-refractivity contribution in [2.45, 2.75) is 77.7 Å². The second-order valence-corrected chi connectivity index (χ2v) is 10.4. The van der Waals surface area contributed by atoms with Crippen LogP contribution in [0.2, 0.25) is 0 Å². The molecule has 39 heavy (non-hydrogen) atoms. The number of carbonyl (C=O) groups is 1. The number of carbonyl (C=O) groups excluding carboxylic acids is 1. The van der Waals surface area contributed by atoms with Crippen molar-refractivity contribution >= 4 is 12.0 Å². The smallest absolute Gasteiger partial charge is 0.309 e. The fraction of sp³-hybridized carbons (Fsp3) is 0.400. The third-order valence-corrected chi connectivity index (χ3v) is 8.42. The Morgan fingerprint density at radius 3 is 2.03 bits per heavy atom. The second kappa shape index (κ2) is 13.1. The highest BCUT2D eigenvalue weighted by atomic mass is 16.5. The van der Waals surface area contributed by atoms with E-state index in [0.717, 1.165) is 40.8 Å². The first-order valence-corrected chi connectivity index (χ1v) is 14.1. The molecule has 1 N–H and O–H groups in total. The summed E-state index contributed by atoms with van der Waals surface area (Å²) >= 11 is 0. The molecule has 0 unspecified atom stereocenters. The van der Waals surface area contributed by atoms with Crippen LogP contribution in [0.4, 0.5) is 0 Å². The maximum absolute atomic E-state index is 11.8. The van der Waals surface area contributed by atoms with Crippen LogP contribution in [0.5, 0.6) is 5.75 Å². The molecule has 4 nitrogen and oxygen atoms in total. The van der Waals surface area contributed by atoms with Crippen LogP contribution in [0.3, 0.4) is 0 Å². The molecular formula is C35H44O4. The maximum Gasteiger partial charge on any atom is 0.309 e. The van der Waals surface area contributed by atoms with Gasteiger partial charge in [0.1, 0.15) is 5.75 Å². The molecule has 0 fully saturated rings. The van der Waals surface area contributed by atoms with E-state index in [2.05, 4.69) is 69.3 Å². The molecule has 0 saturated carbocycles. The lowest BCUT2D eigenvalue weighted by atomic mass is 9.70. The lowest BCUT2D eigenvalue weighted by molar-refractivity contribution is -0.139. The van der Waals surface area contributed by atoms with Gasteiger partial charge in [0.2, 0.25) is 0 Å². The van der Waals surface area contributed by atoms with Gasteiger partial charge in [-0.3, -0.25) is 4.79 Å². The number of aryl methyl sites for hydroxylation is 1. The Hall–Kier alpha value is -3.37.